The van der Waals surface area contributed by atoms with Crippen LogP contribution in [-0.2, 0) is 21.2 Å². The molecule has 1 unspecified atom stereocenters. The number of amides is 1. The average Bonchev–Trinajstić information content (AvgIpc) is 2.96. The number of aryl methyl sites for hydroxylation is 1. The molecule has 1 fully saturated rings. The molecule has 1 aromatic rings. The van der Waals surface area contributed by atoms with E-state index in [1.54, 1.807) is 12.1 Å². The number of benzene rings is 1. The molecule has 0 bridgehead atoms. The largest absolute Gasteiger partial charge is 0.350 e. The first-order valence-electron chi connectivity index (χ1n) is 9.42. The Hall–Kier alpha value is -1.44. The number of fused-ring (bicyclic) bond motifs is 1. The fourth-order valence-corrected chi connectivity index (χ4v) is 5.30. The van der Waals surface area contributed by atoms with Crippen LogP contribution < -0.4 is 10.0 Å². The Morgan fingerprint density at radius 2 is 1.88 bits per heavy atom. The van der Waals surface area contributed by atoms with Crippen LogP contribution in [0.2, 0.25) is 0 Å². The van der Waals surface area contributed by atoms with Crippen LogP contribution in [0.3, 0.4) is 0 Å². The molecule has 0 radical (unpaired) electrons. The van der Waals surface area contributed by atoms with Gasteiger partial charge in [0.05, 0.1) is 10.9 Å². The Kier molecular flexibility index (Phi) is 5.69. The van der Waals surface area contributed by atoms with Gasteiger partial charge in [-0.25, -0.2) is 13.1 Å². The van der Waals surface area contributed by atoms with Crippen LogP contribution in [0.25, 0.3) is 0 Å². The van der Waals surface area contributed by atoms with E-state index in [9.17, 15) is 13.2 Å². The molecular formula is C19H29N3O3S. The van der Waals surface area contributed by atoms with Crippen LogP contribution in [-0.4, -0.2) is 44.4 Å². The zero-order valence-electron chi connectivity index (χ0n) is 15.8. The summed E-state index contributed by atoms with van der Waals surface area (Å²) in [5, 5.41) is 2.91. The molecule has 0 spiro atoms. The molecule has 0 aromatic heterocycles. The van der Waals surface area contributed by atoms with Gasteiger partial charge in [0, 0.05) is 19.0 Å². The summed E-state index contributed by atoms with van der Waals surface area (Å²) in [4.78, 5) is 14.0. The molecule has 1 atom stereocenters. The number of hydrogen-bond acceptors (Lipinski definition) is 4. The van der Waals surface area contributed by atoms with Crippen LogP contribution >= 0.6 is 0 Å². The molecule has 1 heterocycles. The Labute approximate surface area is 156 Å². The van der Waals surface area contributed by atoms with E-state index >= 15 is 0 Å². The van der Waals surface area contributed by atoms with E-state index in [0.29, 0.717) is 10.9 Å². The maximum atomic E-state index is 12.8. The zero-order valence-corrected chi connectivity index (χ0v) is 16.6. The topological polar surface area (TPSA) is 78.5 Å². The second-order valence-electron chi connectivity index (χ2n) is 7.68. The highest BCUT2D eigenvalue weighted by Crippen LogP contribution is 2.33. The van der Waals surface area contributed by atoms with E-state index in [1.165, 1.54) is 6.92 Å². The normalized spacial score (nSPS) is 21.8. The number of likely N-dealkylation sites (tertiary alicyclic amines) is 1. The van der Waals surface area contributed by atoms with Gasteiger partial charge in [0.15, 0.2) is 0 Å². The van der Waals surface area contributed by atoms with Crippen molar-refractivity contribution in [3.63, 3.8) is 0 Å². The molecule has 3 rings (SSSR count). The maximum Gasteiger partial charge on any atom is 0.240 e. The minimum absolute atomic E-state index is 0.0191. The van der Waals surface area contributed by atoms with Crippen molar-refractivity contribution in [1.29, 1.82) is 0 Å². The lowest BCUT2D eigenvalue weighted by Crippen LogP contribution is -2.46. The van der Waals surface area contributed by atoms with Gasteiger partial charge in [-0.3, -0.25) is 4.79 Å². The minimum Gasteiger partial charge on any atom is -0.350 e. The number of carbonyl (C=O) groups is 1. The third kappa shape index (κ3) is 4.27. The summed E-state index contributed by atoms with van der Waals surface area (Å²) in [6, 6.07) is 5.68. The van der Waals surface area contributed by atoms with Crippen LogP contribution in [0.1, 0.15) is 57.2 Å². The molecule has 1 aromatic carbocycles. The van der Waals surface area contributed by atoms with Gasteiger partial charge in [0.2, 0.25) is 15.9 Å². The molecule has 7 heteroatoms. The number of piperidine rings is 1. The third-order valence-electron chi connectivity index (χ3n) is 5.46. The van der Waals surface area contributed by atoms with E-state index in [1.807, 2.05) is 6.07 Å². The monoisotopic (exact) mass is 379 g/mol. The van der Waals surface area contributed by atoms with Crippen LogP contribution in [0, 0.1) is 0 Å². The Morgan fingerprint density at radius 3 is 2.50 bits per heavy atom. The predicted octanol–water partition coefficient (Wildman–Crippen LogP) is 1.96. The summed E-state index contributed by atoms with van der Waals surface area (Å²) >= 11 is 0. The molecule has 26 heavy (non-hydrogen) atoms. The molecular weight excluding hydrogens is 350 g/mol. The minimum atomic E-state index is -3.55. The first-order chi connectivity index (χ1) is 12.3. The number of hydrogen-bond donors (Lipinski definition) is 2. The Bertz CT molecular complexity index is 768. The molecule has 144 valence electrons. The van der Waals surface area contributed by atoms with Crippen molar-refractivity contribution in [1.82, 2.24) is 14.9 Å². The van der Waals surface area contributed by atoms with Crippen molar-refractivity contribution < 1.29 is 13.2 Å². The lowest BCUT2D eigenvalue weighted by molar-refractivity contribution is -0.119. The summed E-state index contributed by atoms with van der Waals surface area (Å²) in [6.45, 7) is 7.66. The van der Waals surface area contributed by atoms with E-state index in [-0.39, 0.29) is 18.0 Å². The standard InChI is InChI=1S/C19H29N3O3S/c1-13(2)22-10-8-16(9-11-22)21-26(24,25)17-6-4-15-5-7-19(18(15)12-17)20-14(3)23/h4,6,12-13,16,19,21H,5,7-11H2,1-3H3,(H,20,23). The molecule has 1 aliphatic heterocycles. The van der Waals surface area contributed by atoms with Crippen molar-refractivity contribution in [2.75, 3.05) is 13.1 Å². The predicted molar refractivity (Wildman–Crippen MR) is 101 cm³/mol. The first-order valence-corrected chi connectivity index (χ1v) is 10.9. The molecule has 6 nitrogen and oxygen atoms in total. The maximum absolute atomic E-state index is 12.8. The highest BCUT2D eigenvalue weighted by Gasteiger charge is 2.28. The first kappa shape index (κ1) is 19.3. The van der Waals surface area contributed by atoms with Crippen molar-refractivity contribution >= 4 is 15.9 Å². The third-order valence-corrected chi connectivity index (χ3v) is 6.98. The van der Waals surface area contributed by atoms with Gasteiger partial charge >= 0.3 is 0 Å². The molecule has 0 saturated carbocycles. The second kappa shape index (κ2) is 7.66. The lowest BCUT2D eigenvalue weighted by atomic mass is 10.1. The zero-order chi connectivity index (χ0) is 18.9. The number of sulfonamides is 1. The summed E-state index contributed by atoms with van der Waals surface area (Å²) in [7, 11) is -3.55. The summed E-state index contributed by atoms with van der Waals surface area (Å²) in [5.41, 5.74) is 2.05. The quantitative estimate of drug-likeness (QED) is 0.820. The summed E-state index contributed by atoms with van der Waals surface area (Å²) in [6.07, 6.45) is 3.34. The number of nitrogens with one attached hydrogen (secondary N) is 2. The van der Waals surface area contributed by atoms with Gasteiger partial charge in [-0.05, 0) is 75.9 Å². The van der Waals surface area contributed by atoms with E-state index < -0.39 is 10.0 Å². The van der Waals surface area contributed by atoms with Crippen molar-refractivity contribution in [2.24, 2.45) is 0 Å². The average molecular weight is 380 g/mol. The molecule has 2 aliphatic rings. The lowest BCUT2D eigenvalue weighted by Gasteiger charge is -2.34. The highest BCUT2D eigenvalue weighted by atomic mass is 32.2. The Morgan fingerprint density at radius 1 is 1.19 bits per heavy atom. The van der Waals surface area contributed by atoms with Gasteiger partial charge in [0.1, 0.15) is 0 Å². The van der Waals surface area contributed by atoms with Gasteiger partial charge < -0.3 is 10.2 Å². The van der Waals surface area contributed by atoms with Gasteiger partial charge in [0.25, 0.3) is 0 Å². The van der Waals surface area contributed by atoms with Crippen LogP contribution in [0.4, 0.5) is 0 Å². The van der Waals surface area contributed by atoms with Crippen molar-refractivity contribution in [3.8, 4) is 0 Å². The fraction of sp³-hybridized carbons (Fsp3) is 0.632. The SMILES string of the molecule is CC(=O)NC1CCc2ccc(S(=O)(=O)NC3CCN(C(C)C)CC3)cc21. The highest BCUT2D eigenvalue weighted by molar-refractivity contribution is 7.89. The van der Waals surface area contributed by atoms with Gasteiger partial charge in [-0.15, -0.1) is 0 Å². The summed E-state index contributed by atoms with van der Waals surface area (Å²) < 4.78 is 28.5. The molecule has 2 N–H and O–H groups in total. The van der Waals surface area contributed by atoms with Crippen LogP contribution in [0.15, 0.2) is 23.1 Å². The van der Waals surface area contributed by atoms with Gasteiger partial charge in [-0.1, -0.05) is 6.07 Å². The number of nitrogens with zero attached hydrogens (tertiary/aromatic N) is 1. The molecule has 1 saturated heterocycles. The second-order valence-corrected chi connectivity index (χ2v) is 9.39. The number of carbonyl (C=O) groups excluding carboxylic acids is 1. The van der Waals surface area contributed by atoms with Crippen molar-refractivity contribution in [2.45, 2.75) is 69.5 Å². The number of rotatable bonds is 5. The van der Waals surface area contributed by atoms with Gasteiger partial charge in [-0.2, -0.15) is 0 Å². The van der Waals surface area contributed by atoms with E-state index in [0.717, 1.165) is 49.9 Å². The summed E-state index contributed by atoms with van der Waals surface area (Å²) in [5.74, 6) is -0.0915. The van der Waals surface area contributed by atoms with E-state index in [4.69, 9.17) is 0 Å². The molecule has 1 amide bonds. The Balaban J connectivity index is 1.71. The smallest absolute Gasteiger partial charge is 0.240 e. The molecule has 1 aliphatic carbocycles. The van der Waals surface area contributed by atoms with Crippen molar-refractivity contribution in [3.05, 3.63) is 29.3 Å². The van der Waals surface area contributed by atoms with E-state index in [2.05, 4.69) is 28.8 Å². The van der Waals surface area contributed by atoms with Crippen LogP contribution in [0.5, 0.6) is 0 Å². The fourth-order valence-electron chi connectivity index (χ4n) is 3.96.